The zero-order valence-corrected chi connectivity index (χ0v) is 11.2. The molecular formula is C5Cl5F7O. The molecule has 0 fully saturated rings. The Morgan fingerprint density at radius 1 is 0.611 bits per heavy atom. The van der Waals surface area contributed by atoms with E-state index in [1.54, 1.807) is 0 Å². The summed E-state index contributed by atoms with van der Waals surface area (Å²) in [5.74, 6) is -5.74. The highest BCUT2D eigenvalue weighted by Gasteiger charge is 2.75. The predicted octanol–water partition coefficient (Wildman–Crippen LogP) is 5.30. The van der Waals surface area contributed by atoms with Crippen molar-refractivity contribution in [1.29, 1.82) is 0 Å². The lowest BCUT2D eigenvalue weighted by Crippen LogP contribution is -2.59. The van der Waals surface area contributed by atoms with Crippen LogP contribution in [0.2, 0.25) is 0 Å². The Morgan fingerprint density at radius 2 is 0.889 bits per heavy atom. The van der Waals surface area contributed by atoms with E-state index in [4.69, 9.17) is 0 Å². The molecule has 0 spiro atoms. The molecule has 1 atom stereocenters. The maximum Gasteiger partial charge on any atom is 0.387 e. The van der Waals surface area contributed by atoms with Crippen LogP contribution in [-0.2, 0) is 4.74 Å². The molecule has 0 saturated heterocycles. The van der Waals surface area contributed by atoms with Gasteiger partial charge in [-0.1, -0.05) is 23.2 Å². The highest BCUT2D eigenvalue weighted by molar-refractivity contribution is 6.51. The van der Waals surface area contributed by atoms with Gasteiger partial charge in [0, 0.05) is 0 Å². The van der Waals surface area contributed by atoms with E-state index in [9.17, 15) is 30.7 Å². The standard InChI is InChI=1S/C5Cl5F7O/c6-2(7,12)5(10,17)18-1(11,3(8,13)14)4(9,15)16. The molecular weight excluding hydrogens is 386 g/mol. The Hall–Kier alpha value is 0.920. The molecule has 0 N–H and O–H groups in total. The van der Waals surface area contributed by atoms with Gasteiger partial charge < -0.3 is 0 Å². The number of rotatable bonds is 5. The summed E-state index contributed by atoms with van der Waals surface area (Å²) in [5, 5.41) is -16.0. The average Bonchev–Trinajstić information content (AvgIpc) is 1.95. The molecule has 1 nitrogen and oxygen atoms in total. The van der Waals surface area contributed by atoms with E-state index in [0.717, 1.165) is 0 Å². The van der Waals surface area contributed by atoms with E-state index in [-0.39, 0.29) is 0 Å². The van der Waals surface area contributed by atoms with Crippen LogP contribution in [0.15, 0.2) is 0 Å². The van der Waals surface area contributed by atoms with Crippen LogP contribution in [0.5, 0.6) is 0 Å². The predicted molar refractivity (Wildman–Crippen MR) is 51.8 cm³/mol. The third-order valence-corrected chi connectivity index (χ3v) is 2.83. The first-order valence-corrected chi connectivity index (χ1v) is 5.32. The van der Waals surface area contributed by atoms with Gasteiger partial charge >= 0.3 is 26.5 Å². The van der Waals surface area contributed by atoms with Crippen LogP contribution < -0.4 is 0 Å². The van der Waals surface area contributed by atoms with Gasteiger partial charge in [-0.2, -0.15) is 30.7 Å². The van der Waals surface area contributed by atoms with Crippen molar-refractivity contribution in [3.8, 4) is 0 Å². The lowest BCUT2D eigenvalue weighted by molar-refractivity contribution is -0.359. The van der Waals surface area contributed by atoms with E-state index in [1.165, 1.54) is 0 Å². The number of alkyl halides is 12. The molecule has 0 radical (unpaired) electrons. The first-order chi connectivity index (χ1) is 7.46. The monoisotopic (exact) mass is 384 g/mol. The molecule has 0 saturated carbocycles. The van der Waals surface area contributed by atoms with Gasteiger partial charge in [0.2, 0.25) is 0 Å². The smallest absolute Gasteiger partial charge is 0.279 e. The fraction of sp³-hybridized carbons (Fsp3) is 1.00. The molecule has 0 bridgehead atoms. The minimum atomic E-state index is -5.74. The molecule has 13 heteroatoms. The molecule has 0 aliphatic rings. The molecule has 0 heterocycles. The molecule has 0 aromatic heterocycles. The Kier molecular flexibility index (Phi) is 5.29. The van der Waals surface area contributed by atoms with Crippen molar-refractivity contribution in [1.82, 2.24) is 0 Å². The molecule has 0 aliphatic carbocycles. The van der Waals surface area contributed by atoms with Crippen LogP contribution >= 0.6 is 58.0 Å². The van der Waals surface area contributed by atoms with Gasteiger partial charge in [-0.15, -0.1) is 0 Å². The third kappa shape index (κ3) is 3.73. The number of halogens is 12. The summed E-state index contributed by atoms with van der Waals surface area (Å²) in [6, 6.07) is 0. The second-order valence-corrected chi connectivity index (χ2v) is 5.38. The lowest BCUT2D eigenvalue weighted by atomic mass is 10.3. The van der Waals surface area contributed by atoms with Crippen LogP contribution in [0.1, 0.15) is 0 Å². The quantitative estimate of drug-likeness (QED) is 0.461. The van der Waals surface area contributed by atoms with Gasteiger partial charge in [-0.25, -0.2) is 0 Å². The van der Waals surface area contributed by atoms with Crippen molar-refractivity contribution in [2.45, 2.75) is 26.5 Å². The highest BCUT2D eigenvalue weighted by Crippen LogP contribution is 2.55. The summed E-state index contributed by atoms with van der Waals surface area (Å²) in [5.41, 5.74) is 0. The van der Waals surface area contributed by atoms with E-state index >= 15 is 0 Å². The lowest BCUT2D eigenvalue weighted by Gasteiger charge is -2.36. The van der Waals surface area contributed by atoms with Crippen LogP contribution in [0.25, 0.3) is 0 Å². The first kappa shape index (κ1) is 18.9. The molecule has 0 aromatic rings. The number of hydrogen-bond donors (Lipinski definition) is 0. The van der Waals surface area contributed by atoms with Crippen molar-refractivity contribution in [2.75, 3.05) is 0 Å². The largest absolute Gasteiger partial charge is 0.387 e. The van der Waals surface area contributed by atoms with Gasteiger partial charge in [0.1, 0.15) is 0 Å². The van der Waals surface area contributed by atoms with Crippen LogP contribution in [-0.4, -0.2) is 26.5 Å². The van der Waals surface area contributed by atoms with E-state index in [2.05, 4.69) is 62.7 Å². The van der Waals surface area contributed by atoms with E-state index in [0.29, 0.717) is 0 Å². The minimum Gasteiger partial charge on any atom is -0.279 e. The minimum absolute atomic E-state index is 2.75. The maximum atomic E-state index is 13.2. The molecule has 1 unspecified atom stereocenters. The Balaban J connectivity index is 5.58. The summed E-state index contributed by atoms with van der Waals surface area (Å²) in [7, 11) is 0. The van der Waals surface area contributed by atoms with Crippen molar-refractivity contribution in [3.05, 3.63) is 0 Å². The number of ether oxygens (including phenoxy) is 1. The summed E-state index contributed by atoms with van der Waals surface area (Å²) in [6.45, 7) is 0. The zero-order valence-electron chi connectivity index (χ0n) is 7.44. The summed E-state index contributed by atoms with van der Waals surface area (Å²) in [6.07, 6.45) is 0. The maximum absolute atomic E-state index is 13.2. The molecule has 18 heavy (non-hydrogen) atoms. The number of hydrogen-bond acceptors (Lipinski definition) is 1. The highest BCUT2D eigenvalue weighted by atomic mass is 35.5. The fourth-order valence-corrected chi connectivity index (χ4v) is 1.06. The van der Waals surface area contributed by atoms with Crippen molar-refractivity contribution >= 4 is 58.0 Å². The van der Waals surface area contributed by atoms with Crippen LogP contribution in [0.4, 0.5) is 30.7 Å². The Bertz CT molecular complexity index is 291. The topological polar surface area (TPSA) is 9.23 Å². The van der Waals surface area contributed by atoms with Crippen LogP contribution in [0.3, 0.4) is 0 Å². The average molecular weight is 386 g/mol. The Morgan fingerprint density at radius 3 is 1.06 bits per heavy atom. The zero-order chi connectivity index (χ0) is 15.2. The third-order valence-electron chi connectivity index (χ3n) is 1.33. The Labute approximate surface area is 120 Å². The molecule has 0 amide bonds. The summed E-state index contributed by atoms with van der Waals surface area (Å²) < 4.78 is 87.1. The van der Waals surface area contributed by atoms with Gasteiger partial charge in [-0.05, 0) is 34.8 Å². The van der Waals surface area contributed by atoms with Gasteiger partial charge in [0.15, 0.2) is 0 Å². The van der Waals surface area contributed by atoms with Crippen LogP contribution in [0, 0.1) is 0 Å². The summed E-state index contributed by atoms with van der Waals surface area (Å²) in [4.78, 5) is 0. The first-order valence-electron chi connectivity index (χ1n) is 3.43. The van der Waals surface area contributed by atoms with Gasteiger partial charge in [0.05, 0.1) is 0 Å². The summed E-state index contributed by atoms with van der Waals surface area (Å²) >= 11 is 21.0. The van der Waals surface area contributed by atoms with Crippen molar-refractivity contribution in [2.24, 2.45) is 0 Å². The van der Waals surface area contributed by atoms with E-state index in [1.807, 2.05) is 0 Å². The SMILES string of the molecule is FC(F)(Cl)C(F)(OC(F)(Cl)C(F)(Cl)Cl)C(F)(F)Cl. The molecule has 0 aliphatic heterocycles. The second kappa shape index (κ2) is 5.04. The van der Waals surface area contributed by atoms with Gasteiger partial charge in [0.25, 0.3) is 0 Å². The molecule has 110 valence electrons. The molecule has 0 aromatic carbocycles. The van der Waals surface area contributed by atoms with Gasteiger partial charge in [-0.3, -0.25) is 4.74 Å². The van der Waals surface area contributed by atoms with Crippen molar-refractivity contribution < 1.29 is 35.5 Å². The molecule has 0 rings (SSSR count). The normalized spacial score (nSPS) is 18.7. The fourth-order valence-electron chi connectivity index (χ4n) is 0.511. The second-order valence-electron chi connectivity index (χ2n) is 2.71. The van der Waals surface area contributed by atoms with E-state index < -0.39 is 26.5 Å². The van der Waals surface area contributed by atoms with Crippen molar-refractivity contribution in [3.63, 3.8) is 0 Å².